The van der Waals surface area contributed by atoms with Gasteiger partial charge in [-0.1, -0.05) is 54.6 Å². The summed E-state index contributed by atoms with van der Waals surface area (Å²) in [6.07, 6.45) is 0.698. The zero-order chi connectivity index (χ0) is 21.0. The fraction of sp³-hybridized carbons (Fsp3) is 0.154. The number of amides is 2. The lowest BCUT2D eigenvalue weighted by molar-refractivity contribution is 0.188. The molecule has 1 saturated heterocycles. The normalized spacial score (nSPS) is 15.7. The molecular weight excluding hydrogens is 386 g/mol. The van der Waals surface area contributed by atoms with Crippen molar-refractivity contribution in [2.45, 2.75) is 12.5 Å². The molecule has 0 N–H and O–H groups in total. The van der Waals surface area contributed by atoms with Gasteiger partial charge in [0.25, 0.3) is 0 Å². The molecule has 31 heavy (non-hydrogen) atoms. The van der Waals surface area contributed by atoms with Crippen LogP contribution in [0.2, 0.25) is 0 Å². The highest BCUT2D eigenvalue weighted by Gasteiger charge is 2.32. The number of hydrogen-bond acceptors (Lipinski definition) is 3. The smallest absolute Gasteiger partial charge is 0.329 e. The summed E-state index contributed by atoms with van der Waals surface area (Å²) in [6, 6.07) is 31.3. The number of likely N-dealkylation sites (tertiary alicyclic amines) is 1. The Morgan fingerprint density at radius 1 is 0.839 bits per heavy atom. The minimum atomic E-state index is -0.0778. The van der Waals surface area contributed by atoms with Crippen molar-refractivity contribution in [2.75, 3.05) is 18.0 Å². The first-order valence-corrected chi connectivity index (χ1v) is 10.5. The van der Waals surface area contributed by atoms with E-state index in [2.05, 4.69) is 4.98 Å². The highest BCUT2D eigenvalue weighted by molar-refractivity contribution is 5.99. The highest BCUT2D eigenvalue weighted by atomic mass is 16.5. The van der Waals surface area contributed by atoms with E-state index in [1.165, 1.54) is 0 Å². The molecule has 1 fully saturated rings. The Morgan fingerprint density at radius 2 is 1.48 bits per heavy atom. The Balaban J connectivity index is 1.33. The van der Waals surface area contributed by atoms with E-state index in [0.29, 0.717) is 19.0 Å². The van der Waals surface area contributed by atoms with Crippen molar-refractivity contribution >= 4 is 28.3 Å². The molecule has 0 aliphatic carbocycles. The summed E-state index contributed by atoms with van der Waals surface area (Å²) in [6.45, 7) is 1.18. The summed E-state index contributed by atoms with van der Waals surface area (Å²) >= 11 is 0. The number of rotatable bonds is 4. The van der Waals surface area contributed by atoms with E-state index in [0.717, 1.165) is 28.7 Å². The molecule has 3 aromatic carbocycles. The molecule has 5 rings (SSSR count). The molecule has 0 bridgehead atoms. The largest absolute Gasteiger partial charge is 0.472 e. The van der Waals surface area contributed by atoms with Gasteiger partial charge in [-0.05, 0) is 36.4 Å². The number of benzene rings is 3. The molecule has 5 nitrogen and oxygen atoms in total. The molecule has 0 spiro atoms. The summed E-state index contributed by atoms with van der Waals surface area (Å²) in [5.41, 5.74) is 2.60. The van der Waals surface area contributed by atoms with Gasteiger partial charge in [0.2, 0.25) is 5.88 Å². The monoisotopic (exact) mass is 409 g/mol. The maximum Gasteiger partial charge on any atom is 0.329 e. The van der Waals surface area contributed by atoms with Crippen LogP contribution in [0.4, 0.5) is 16.2 Å². The van der Waals surface area contributed by atoms with E-state index >= 15 is 0 Å². The molecule has 1 atom stereocenters. The maximum absolute atomic E-state index is 13.5. The van der Waals surface area contributed by atoms with E-state index in [1.54, 1.807) is 4.90 Å². The van der Waals surface area contributed by atoms with E-state index in [4.69, 9.17) is 4.74 Å². The Bertz CT molecular complexity index is 1140. The van der Waals surface area contributed by atoms with Crippen molar-refractivity contribution in [3.8, 4) is 5.88 Å². The molecule has 154 valence electrons. The third-order valence-corrected chi connectivity index (χ3v) is 5.50. The van der Waals surface area contributed by atoms with Crippen molar-refractivity contribution in [1.29, 1.82) is 0 Å². The minimum absolute atomic E-state index is 0.0463. The average Bonchev–Trinajstić information content (AvgIpc) is 3.29. The number of fused-ring (bicyclic) bond motifs is 1. The van der Waals surface area contributed by atoms with Gasteiger partial charge in [0.1, 0.15) is 6.10 Å². The van der Waals surface area contributed by atoms with E-state index in [1.807, 2.05) is 102 Å². The average molecular weight is 409 g/mol. The first-order valence-electron chi connectivity index (χ1n) is 10.5. The van der Waals surface area contributed by atoms with Crippen LogP contribution in [0.15, 0.2) is 97.1 Å². The number of pyridine rings is 1. The minimum Gasteiger partial charge on any atom is -0.472 e. The lowest BCUT2D eigenvalue weighted by atomic mass is 10.2. The molecule has 0 saturated carbocycles. The van der Waals surface area contributed by atoms with E-state index in [-0.39, 0.29) is 12.1 Å². The van der Waals surface area contributed by atoms with Crippen LogP contribution < -0.4 is 9.64 Å². The first kappa shape index (κ1) is 19.1. The lowest BCUT2D eigenvalue weighted by Gasteiger charge is -2.28. The summed E-state index contributed by atoms with van der Waals surface area (Å²) < 4.78 is 6.13. The summed E-state index contributed by atoms with van der Waals surface area (Å²) in [7, 11) is 0. The predicted molar refractivity (Wildman–Crippen MR) is 123 cm³/mol. The number of ether oxygens (including phenoxy) is 1. The molecule has 1 aliphatic rings. The third kappa shape index (κ3) is 4.08. The zero-order valence-corrected chi connectivity index (χ0v) is 17.1. The number of nitrogens with zero attached hydrogens (tertiary/aromatic N) is 3. The van der Waals surface area contributed by atoms with Gasteiger partial charge in [-0.2, -0.15) is 0 Å². The van der Waals surface area contributed by atoms with E-state index in [9.17, 15) is 4.79 Å². The standard InChI is InChI=1S/C26H23N3O2/c30-26(29(21-10-3-1-4-11-21)22-12-5-2-6-13-22)28-18-17-23(19-28)31-25-16-15-20-9-7-8-14-24(20)27-25/h1-16,23H,17-19H2. The van der Waals surface area contributed by atoms with Crippen LogP contribution in [0.5, 0.6) is 5.88 Å². The number of carbonyl (C=O) groups excluding carboxylic acids is 1. The fourth-order valence-electron chi connectivity index (χ4n) is 3.95. The van der Waals surface area contributed by atoms with Crippen LogP contribution in [0.3, 0.4) is 0 Å². The highest BCUT2D eigenvalue weighted by Crippen LogP contribution is 2.28. The van der Waals surface area contributed by atoms with Gasteiger partial charge in [-0.3, -0.25) is 4.90 Å². The molecule has 0 radical (unpaired) electrons. The molecule has 2 heterocycles. The summed E-state index contributed by atoms with van der Waals surface area (Å²) in [5.74, 6) is 0.598. The van der Waals surface area contributed by atoms with Gasteiger partial charge in [0.15, 0.2) is 0 Å². The predicted octanol–water partition coefficient (Wildman–Crippen LogP) is 5.65. The molecule has 4 aromatic rings. The van der Waals surface area contributed by atoms with Crippen LogP contribution in [0.1, 0.15) is 6.42 Å². The van der Waals surface area contributed by atoms with Gasteiger partial charge >= 0.3 is 6.03 Å². The van der Waals surface area contributed by atoms with Gasteiger partial charge < -0.3 is 9.64 Å². The van der Waals surface area contributed by atoms with Crippen LogP contribution in [-0.4, -0.2) is 35.1 Å². The number of carbonyl (C=O) groups is 1. The fourth-order valence-corrected chi connectivity index (χ4v) is 3.95. The first-order chi connectivity index (χ1) is 15.3. The Kier molecular flexibility index (Phi) is 5.23. The quantitative estimate of drug-likeness (QED) is 0.438. The second-order valence-electron chi connectivity index (χ2n) is 7.61. The molecular formula is C26H23N3O2. The van der Waals surface area contributed by atoms with Gasteiger partial charge in [0, 0.05) is 24.4 Å². The van der Waals surface area contributed by atoms with Gasteiger partial charge in [-0.25, -0.2) is 9.78 Å². The molecule has 2 amide bonds. The second-order valence-corrected chi connectivity index (χ2v) is 7.61. The van der Waals surface area contributed by atoms with Gasteiger partial charge in [0.05, 0.1) is 23.4 Å². The number of urea groups is 1. The number of aromatic nitrogens is 1. The summed E-state index contributed by atoms with van der Waals surface area (Å²) in [4.78, 5) is 21.7. The van der Waals surface area contributed by atoms with Gasteiger partial charge in [-0.15, -0.1) is 0 Å². The molecule has 1 aliphatic heterocycles. The Labute approximate surface area is 181 Å². The third-order valence-electron chi connectivity index (χ3n) is 5.50. The van der Waals surface area contributed by atoms with E-state index < -0.39 is 0 Å². The van der Waals surface area contributed by atoms with Crippen molar-refractivity contribution in [1.82, 2.24) is 9.88 Å². The van der Waals surface area contributed by atoms with Crippen LogP contribution in [-0.2, 0) is 0 Å². The summed E-state index contributed by atoms with van der Waals surface area (Å²) in [5, 5.41) is 1.08. The van der Waals surface area contributed by atoms with Crippen LogP contribution in [0, 0.1) is 0 Å². The topological polar surface area (TPSA) is 45.7 Å². The number of para-hydroxylation sites is 3. The second kappa shape index (κ2) is 8.48. The van der Waals surface area contributed by atoms with Crippen LogP contribution >= 0.6 is 0 Å². The van der Waals surface area contributed by atoms with Crippen molar-refractivity contribution in [3.63, 3.8) is 0 Å². The Morgan fingerprint density at radius 3 is 2.19 bits per heavy atom. The lowest BCUT2D eigenvalue weighted by Crippen LogP contribution is -2.40. The van der Waals surface area contributed by atoms with Crippen molar-refractivity contribution < 1.29 is 9.53 Å². The maximum atomic E-state index is 13.5. The van der Waals surface area contributed by atoms with Crippen molar-refractivity contribution in [2.24, 2.45) is 0 Å². The molecule has 1 unspecified atom stereocenters. The number of hydrogen-bond donors (Lipinski definition) is 0. The zero-order valence-electron chi connectivity index (χ0n) is 17.1. The number of anilines is 2. The van der Waals surface area contributed by atoms with Crippen LogP contribution in [0.25, 0.3) is 10.9 Å². The Hall–Kier alpha value is -3.86. The molecule has 1 aromatic heterocycles. The SMILES string of the molecule is O=C(N1CCC(Oc2ccc3ccccc3n2)C1)N(c1ccccc1)c1ccccc1. The molecule has 5 heteroatoms. The van der Waals surface area contributed by atoms with Crippen molar-refractivity contribution in [3.05, 3.63) is 97.1 Å².